The smallest absolute Gasteiger partial charge is 0.170 e. The maximum atomic E-state index is 8.59. The first-order valence-corrected chi connectivity index (χ1v) is 7.45. The Balaban J connectivity index is 2.63. The van der Waals surface area contributed by atoms with E-state index >= 15 is 0 Å². The van der Waals surface area contributed by atoms with Crippen LogP contribution in [-0.4, -0.2) is 16.8 Å². The van der Waals surface area contributed by atoms with Crippen molar-refractivity contribution in [1.82, 2.24) is 0 Å². The maximum Gasteiger partial charge on any atom is 0.170 e. The topological polar surface area (TPSA) is 58.6 Å². The Labute approximate surface area is 117 Å². The molecule has 1 atom stereocenters. The molecule has 0 fully saturated rings. The maximum absolute atomic E-state index is 8.59. The normalized spacial score (nSPS) is 13.6. The van der Waals surface area contributed by atoms with E-state index in [2.05, 4.69) is 19.0 Å². The third kappa shape index (κ3) is 4.42. The molecule has 0 aliphatic rings. The standard InChI is InChI=1S/C13H19ClN2OS/c1-3-9(2)7-18-8-11-5-4-10(6-12(11)14)13(15)16-17/h4-6,9,17H,3,7-8H2,1-2H3,(H2,15,16). The number of thioether (sulfide) groups is 1. The summed E-state index contributed by atoms with van der Waals surface area (Å²) in [5.41, 5.74) is 7.23. The van der Waals surface area contributed by atoms with Crippen molar-refractivity contribution in [1.29, 1.82) is 0 Å². The van der Waals surface area contributed by atoms with Crippen LogP contribution < -0.4 is 5.73 Å². The van der Waals surface area contributed by atoms with Gasteiger partial charge in [-0.05, 0) is 23.3 Å². The lowest BCUT2D eigenvalue weighted by Gasteiger charge is -2.09. The molecule has 5 heteroatoms. The van der Waals surface area contributed by atoms with Gasteiger partial charge in [-0.15, -0.1) is 0 Å². The fraction of sp³-hybridized carbons (Fsp3) is 0.462. The molecule has 0 spiro atoms. The first-order valence-electron chi connectivity index (χ1n) is 5.92. The van der Waals surface area contributed by atoms with Crippen molar-refractivity contribution in [2.45, 2.75) is 26.0 Å². The van der Waals surface area contributed by atoms with Gasteiger partial charge in [-0.25, -0.2) is 0 Å². The molecule has 1 aromatic rings. The lowest BCUT2D eigenvalue weighted by atomic mass is 10.1. The van der Waals surface area contributed by atoms with Crippen LogP contribution in [0.25, 0.3) is 0 Å². The molecule has 1 aromatic carbocycles. The average Bonchev–Trinajstić information content (AvgIpc) is 2.39. The van der Waals surface area contributed by atoms with Crippen molar-refractivity contribution in [3.63, 3.8) is 0 Å². The van der Waals surface area contributed by atoms with E-state index in [0.29, 0.717) is 10.6 Å². The number of oxime groups is 1. The number of benzene rings is 1. The van der Waals surface area contributed by atoms with Gasteiger partial charge in [0.05, 0.1) is 0 Å². The Morgan fingerprint density at radius 3 is 2.83 bits per heavy atom. The quantitative estimate of drug-likeness (QED) is 0.363. The van der Waals surface area contributed by atoms with Crippen molar-refractivity contribution >= 4 is 29.2 Å². The van der Waals surface area contributed by atoms with Crippen LogP contribution in [0.15, 0.2) is 23.4 Å². The Kier molecular flexibility index (Phi) is 6.36. The Bertz CT molecular complexity index is 423. The number of hydrogen-bond donors (Lipinski definition) is 2. The molecular formula is C13H19ClN2OS. The zero-order valence-corrected chi connectivity index (χ0v) is 12.3. The molecule has 0 radical (unpaired) electrons. The minimum Gasteiger partial charge on any atom is -0.409 e. The van der Waals surface area contributed by atoms with Crippen molar-refractivity contribution in [3.8, 4) is 0 Å². The summed E-state index contributed by atoms with van der Waals surface area (Å²) >= 11 is 8.05. The molecule has 0 aliphatic heterocycles. The van der Waals surface area contributed by atoms with Gasteiger partial charge in [0.2, 0.25) is 0 Å². The van der Waals surface area contributed by atoms with Crippen molar-refractivity contribution in [2.24, 2.45) is 16.8 Å². The molecule has 18 heavy (non-hydrogen) atoms. The highest BCUT2D eigenvalue weighted by Gasteiger charge is 2.06. The summed E-state index contributed by atoms with van der Waals surface area (Å²) in [6.45, 7) is 4.44. The predicted molar refractivity (Wildman–Crippen MR) is 79.6 cm³/mol. The zero-order valence-electron chi connectivity index (χ0n) is 10.7. The Hall–Kier alpha value is -0.870. The van der Waals surface area contributed by atoms with Crippen LogP contribution in [-0.2, 0) is 5.75 Å². The summed E-state index contributed by atoms with van der Waals surface area (Å²) in [4.78, 5) is 0. The number of amidine groups is 1. The van der Waals surface area contributed by atoms with Gasteiger partial charge in [-0.1, -0.05) is 49.2 Å². The van der Waals surface area contributed by atoms with Crippen LogP contribution in [0.5, 0.6) is 0 Å². The van der Waals surface area contributed by atoms with Crippen molar-refractivity contribution in [2.75, 3.05) is 5.75 Å². The third-order valence-electron chi connectivity index (χ3n) is 2.81. The van der Waals surface area contributed by atoms with E-state index in [-0.39, 0.29) is 5.84 Å². The SMILES string of the molecule is CCC(C)CSCc1ccc(/C(N)=N/O)cc1Cl. The number of rotatable bonds is 6. The van der Waals surface area contributed by atoms with Gasteiger partial charge >= 0.3 is 0 Å². The molecule has 100 valence electrons. The van der Waals surface area contributed by atoms with Crippen LogP contribution >= 0.6 is 23.4 Å². The average molecular weight is 287 g/mol. The summed E-state index contributed by atoms with van der Waals surface area (Å²) in [6.07, 6.45) is 1.20. The lowest BCUT2D eigenvalue weighted by Crippen LogP contribution is -2.13. The van der Waals surface area contributed by atoms with Crippen LogP contribution in [0.3, 0.4) is 0 Å². The molecule has 0 amide bonds. The molecule has 0 bridgehead atoms. The highest BCUT2D eigenvalue weighted by Crippen LogP contribution is 2.24. The fourth-order valence-corrected chi connectivity index (χ4v) is 2.92. The molecule has 1 rings (SSSR count). The van der Waals surface area contributed by atoms with E-state index in [9.17, 15) is 0 Å². The second-order valence-electron chi connectivity index (χ2n) is 4.32. The second-order valence-corrected chi connectivity index (χ2v) is 5.76. The van der Waals surface area contributed by atoms with Gasteiger partial charge in [0.1, 0.15) is 0 Å². The first-order chi connectivity index (χ1) is 8.58. The van der Waals surface area contributed by atoms with E-state index in [1.54, 1.807) is 6.07 Å². The zero-order chi connectivity index (χ0) is 13.5. The Morgan fingerprint density at radius 1 is 1.56 bits per heavy atom. The van der Waals surface area contributed by atoms with Crippen molar-refractivity contribution < 1.29 is 5.21 Å². The van der Waals surface area contributed by atoms with Gasteiger partial charge in [0.25, 0.3) is 0 Å². The number of halogens is 1. The number of nitrogens with zero attached hydrogens (tertiary/aromatic N) is 1. The molecule has 3 N–H and O–H groups in total. The van der Waals surface area contributed by atoms with Gasteiger partial charge in [0.15, 0.2) is 5.84 Å². The monoisotopic (exact) mass is 286 g/mol. The van der Waals surface area contributed by atoms with E-state index in [1.807, 2.05) is 23.9 Å². The fourth-order valence-electron chi connectivity index (χ4n) is 1.37. The third-order valence-corrected chi connectivity index (χ3v) is 4.49. The summed E-state index contributed by atoms with van der Waals surface area (Å²) in [5, 5.41) is 12.2. The first kappa shape index (κ1) is 15.2. The van der Waals surface area contributed by atoms with Crippen LogP contribution in [0.2, 0.25) is 5.02 Å². The van der Waals surface area contributed by atoms with E-state index in [4.69, 9.17) is 22.5 Å². The highest BCUT2D eigenvalue weighted by molar-refractivity contribution is 7.98. The summed E-state index contributed by atoms with van der Waals surface area (Å²) < 4.78 is 0. The molecule has 3 nitrogen and oxygen atoms in total. The highest BCUT2D eigenvalue weighted by atomic mass is 35.5. The van der Waals surface area contributed by atoms with Crippen LogP contribution in [0.1, 0.15) is 31.4 Å². The van der Waals surface area contributed by atoms with E-state index in [0.717, 1.165) is 23.0 Å². The summed E-state index contributed by atoms with van der Waals surface area (Å²) in [7, 11) is 0. The lowest BCUT2D eigenvalue weighted by molar-refractivity contribution is 0.318. The molecule has 0 saturated carbocycles. The van der Waals surface area contributed by atoms with Gasteiger partial charge < -0.3 is 10.9 Å². The minimum absolute atomic E-state index is 0.0794. The molecule has 0 saturated heterocycles. The van der Waals surface area contributed by atoms with Crippen molar-refractivity contribution in [3.05, 3.63) is 34.3 Å². The molecule has 1 unspecified atom stereocenters. The van der Waals surface area contributed by atoms with Crippen LogP contribution in [0, 0.1) is 5.92 Å². The van der Waals surface area contributed by atoms with E-state index in [1.165, 1.54) is 6.42 Å². The number of nitrogens with two attached hydrogens (primary N) is 1. The predicted octanol–water partition coefficient (Wildman–Crippen LogP) is 3.71. The molecular weight excluding hydrogens is 268 g/mol. The van der Waals surface area contributed by atoms with Gasteiger partial charge in [0, 0.05) is 16.3 Å². The second kappa shape index (κ2) is 7.54. The summed E-state index contributed by atoms with van der Waals surface area (Å²) in [6, 6.07) is 5.48. The molecule has 0 aromatic heterocycles. The Morgan fingerprint density at radius 2 is 2.28 bits per heavy atom. The largest absolute Gasteiger partial charge is 0.409 e. The molecule has 0 heterocycles. The molecule has 0 aliphatic carbocycles. The number of hydrogen-bond acceptors (Lipinski definition) is 3. The minimum atomic E-state index is 0.0794. The summed E-state index contributed by atoms with van der Waals surface area (Å²) in [5.74, 6) is 2.83. The van der Waals surface area contributed by atoms with E-state index < -0.39 is 0 Å². The van der Waals surface area contributed by atoms with Crippen LogP contribution in [0.4, 0.5) is 0 Å². The van der Waals surface area contributed by atoms with Gasteiger partial charge in [-0.3, -0.25) is 0 Å². The van der Waals surface area contributed by atoms with Gasteiger partial charge in [-0.2, -0.15) is 11.8 Å².